The Morgan fingerprint density at radius 3 is 2.63 bits per heavy atom. The first-order valence-corrected chi connectivity index (χ1v) is 7.81. The molecule has 2 unspecified atom stereocenters. The third-order valence-electron chi connectivity index (χ3n) is 5.00. The van der Waals surface area contributed by atoms with Crippen molar-refractivity contribution in [3.63, 3.8) is 0 Å². The molecule has 3 fully saturated rings. The average Bonchev–Trinajstić information content (AvgIpc) is 3.20. The van der Waals surface area contributed by atoms with Crippen molar-refractivity contribution in [3.8, 4) is 0 Å². The molecule has 0 spiro atoms. The van der Waals surface area contributed by atoms with Crippen molar-refractivity contribution in [2.24, 2.45) is 11.8 Å². The van der Waals surface area contributed by atoms with Crippen LogP contribution in [-0.4, -0.2) is 49.7 Å². The highest BCUT2D eigenvalue weighted by molar-refractivity contribution is 5.72. The lowest BCUT2D eigenvalue weighted by atomic mass is 9.85. The molecule has 0 aromatic heterocycles. The van der Waals surface area contributed by atoms with Gasteiger partial charge in [-0.3, -0.25) is 9.69 Å². The first-order chi connectivity index (χ1) is 9.26. The molecule has 1 saturated heterocycles. The number of nitrogens with one attached hydrogen (secondary N) is 1. The second-order valence-electron chi connectivity index (χ2n) is 6.54. The molecule has 0 amide bonds. The minimum Gasteiger partial charge on any atom is -0.469 e. The van der Waals surface area contributed by atoms with Gasteiger partial charge in [0.2, 0.25) is 0 Å². The molecule has 1 aliphatic heterocycles. The van der Waals surface area contributed by atoms with E-state index in [9.17, 15) is 4.79 Å². The maximum absolute atomic E-state index is 11.8. The Kier molecular flexibility index (Phi) is 4.08. The summed E-state index contributed by atoms with van der Waals surface area (Å²) in [5, 5.41) is 3.70. The summed E-state index contributed by atoms with van der Waals surface area (Å²) in [4.78, 5) is 14.3. The van der Waals surface area contributed by atoms with Crippen LogP contribution in [0.4, 0.5) is 0 Å². The third kappa shape index (κ3) is 3.29. The summed E-state index contributed by atoms with van der Waals surface area (Å²) in [6, 6.07) is 1.21. The number of carbonyl (C=O) groups excluding carboxylic acids is 1. The lowest BCUT2D eigenvalue weighted by Gasteiger charge is -2.38. The van der Waals surface area contributed by atoms with Gasteiger partial charge in [-0.15, -0.1) is 0 Å². The second kappa shape index (κ2) is 5.80. The summed E-state index contributed by atoms with van der Waals surface area (Å²) in [6.45, 7) is 3.15. The quantitative estimate of drug-likeness (QED) is 0.764. The van der Waals surface area contributed by atoms with Crippen molar-refractivity contribution in [3.05, 3.63) is 0 Å². The van der Waals surface area contributed by atoms with E-state index in [0.717, 1.165) is 38.0 Å². The van der Waals surface area contributed by atoms with E-state index < -0.39 is 0 Å². The van der Waals surface area contributed by atoms with Crippen LogP contribution in [-0.2, 0) is 9.53 Å². The summed E-state index contributed by atoms with van der Waals surface area (Å²) < 4.78 is 4.95. The second-order valence-corrected chi connectivity index (χ2v) is 6.54. The molecule has 2 saturated carbocycles. The minimum absolute atomic E-state index is 0.0270. The number of carbonyl (C=O) groups is 1. The molecule has 0 aromatic carbocycles. The van der Waals surface area contributed by atoms with Gasteiger partial charge in [0.05, 0.1) is 13.0 Å². The number of rotatable bonds is 5. The van der Waals surface area contributed by atoms with Crippen LogP contribution in [0.5, 0.6) is 0 Å². The maximum atomic E-state index is 11.8. The predicted octanol–water partition coefficient (Wildman–Crippen LogP) is 1.40. The number of hydrogen-bond acceptors (Lipinski definition) is 4. The van der Waals surface area contributed by atoms with Crippen LogP contribution in [0.25, 0.3) is 0 Å². The zero-order valence-electron chi connectivity index (χ0n) is 11.9. The van der Waals surface area contributed by atoms with Gasteiger partial charge in [-0.1, -0.05) is 6.42 Å². The summed E-state index contributed by atoms with van der Waals surface area (Å²) in [7, 11) is 1.51. The van der Waals surface area contributed by atoms with E-state index in [0.29, 0.717) is 6.04 Å². The summed E-state index contributed by atoms with van der Waals surface area (Å²) >= 11 is 0. The van der Waals surface area contributed by atoms with Crippen molar-refractivity contribution >= 4 is 5.97 Å². The minimum atomic E-state index is -0.0270. The summed E-state index contributed by atoms with van der Waals surface area (Å²) in [5.74, 6) is 0.923. The summed E-state index contributed by atoms with van der Waals surface area (Å²) in [6.07, 6.45) is 7.73. The molecule has 0 radical (unpaired) electrons. The maximum Gasteiger partial charge on any atom is 0.310 e. The van der Waals surface area contributed by atoms with Crippen molar-refractivity contribution in [1.82, 2.24) is 10.2 Å². The highest BCUT2D eigenvalue weighted by atomic mass is 16.5. The first-order valence-electron chi connectivity index (χ1n) is 7.81. The molecule has 19 heavy (non-hydrogen) atoms. The third-order valence-corrected chi connectivity index (χ3v) is 5.00. The van der Waals surface area contributed by atoms with Gasteiger partial charge in [0.1, 0.15) is 0 Å². The van der Waals surface area contributed by atoms with Gasteiger partial charge in [0.25, 0.3) is 0 Å². The first kappa shape index (κ1) is 13.4. The van der Waals surface area contributed by atoms with Crippen LogP contribution in [0.15, 0.2) is 0 Å². The van der Waals surface area contributed by atoms with E-state index in [1.165, 1.54) is 39.2 Å². The monoisotopic (exact) mass is 266 g/mol. The van der Waals surface area contributed by atoms with E-state index in [1.54, 1.807) is 0 Å². The lowest BCUT2D eigenvalue weighted by Crippen LogP contribution is -2.52. The molecular weight excluding hydrogens is 240 g/mol. The van der Waals surface area contributed by atoms with Gasteiger partial charge < -0.3 is 10.1 Å². The zero-order chi connectivity index (χ0) is 13.2. The topological polar surface area (TPSA) is 41.6 Å². The number of esters is 1. The normalized spacial score (nSPS) is 32.9. The fourth-order valence-electron chi connectivity index (χ4n) is 3.39. The van der Waals surface area contributed by atoms with Crippen molar-refractivity contribution < 1.29 is 9.53 Å². The molecule has 4 heteroatoms. The molecule has 4 nitrogen and oxygen atoms in total. The smallest absolute Gasteiger partial charge is 0.310 e. The van der Waals surface area contributed by atoms with Gasteiger partial charge in [-0.25, -0.2) is 0 Å². The Bertz CT molecular complexity index is 326. The van der Waals surface area contributed by atoms with Crippen LogP contribution in [0.2, 0.25) is 0 Å². The van der Waals surface area contributed by atoms with Crippen LogP contribution in [0.1, 0.15) is 38.5 Å². The molecule has 2 aliphatic carbocycles. The molecule has 3 rings (SSSR count). The van der Waals surface area contributed by atoms with Crippen LogP contribution < -0.4 is 5.32 Å². The fraction of sp³-hybridized carbons (Fsp3) is 0.933. The van der Waals surface area contributed by atoms with Crippen LogP contribution >= 0.6 is 0 Å². The largest absolute Gasteiger partial charge is 0.469 e. The number of hydrogen-bond donors (Lipinski definition) is 1. The number of nitrogens with zero attached hydrogens (tertiary/aromatic N) is 1. The SMILES string of the molecule is COC(=O)C1CC(NCC2CCC2)CN(C2CC2)C1. The van der Waals surface area contributed by atoms with E-state index in [-0.39, 0.29) is 11.9 Å². The number of ether oxygens (including phenoxy) is 1. The Morgan fingerprint density at radius 1 is 1.26 bits per heavy atom. The molecule has 2 atom stereocenters. The number of piperidine rings is 1. The highest BCUT2D eigenvalue weighted by Gasteiger charge is 2.38. The van der Waals surface area contributed by atoms with E-state index >= 15 is 0 Å². The Labute approximate surface area is 115 Å². The Morgan fingerprint density at radius 2 is 2.05 bits per heavy atom. The Hall–Kier alpha value is -0.610. The van der Waals surface area contributed by atoms with Crippen molar-refractivity contribution in [2.75, 3.05) is 26.7 Å². The summed E-state index contributed by atoms with van der Waals surface area (Å²) in [5.41, 5.74) is 0. The van der Waals surface area contributed by atoms with Crippen LogP contribution in [0.3, 0.4) is 0 Å². The van der Waals surface area contributed by atoms with E-state index in [2.05, 4.69) is 10.2 Å². The van der Waals surface area contributed by atoms with Gasteiger partial charge >= 0.3 is 5.97 Å². The predicted molar refractivity (Wildman–Crippen MR) is 73.8 cm³/mol. The average molecular weight is 266 g/mol. The highest BCUT2D eigenvalue weighted by Crippen LogP contribution is 2.32. The molecule has 1 heterocycles. The molecule has 0 bridgehead atoms. The van der Waals surface area contributed by atoms with E-state index in [1.807, 2.05) is 0 Å². The van der Waals surface area contributed by atoms with Gasteiger partial charge in [0, 0.05) is 25.2 Å². The van der Waals surface area contributed by atoms with Gasteiger partial charge in [-0.2, -0.15) is 0 Å². The van der Waals surface area contributed by atoms with Crippen molar-refractivity contribution in [1.29, 1.82) is 0 Å². The van der Waals surface area contributed by atoms with Crippen LogP contribution in [0, 0.1) is 11.8 Å². The van der Waals surface area contributed by atoms with Gasteiger partial charge in [-0.05, 0) is 44.6 Å². The molecule has 0 aromatic rings. The number of likely N-dealkylation sites (tertiary alicyclic amines) is 1. The standard InChI is InChI=1S/C15H26N2O2/c1-19-15(18)12-7-13(16-8-11-3-2-4-11)10-17(9-12)14-5-6-14/h11-14,16H,2-10H2,1H3. The Balaban J connectivity index is 1.53. The fourth-order valence-corrected chi connectivity index (χ4v) is 3.39. The molecule has 108 valence electrons. The number of methoxy groups -OCH3 is 1. The van der Waals surface area contributed by atoms with Gasteiger partial charge in [0.15, 0.2) is 0 Å². The van der Waals surface area contributed by atoms with Crippen molar-refractivity contribution in [2.45, 2.75) is 50.6 Å². The molecule has 3 aliphatic rings. The van der Waals surface area contributed by atoms with E-state index in [4.69, 9.17) is 4.74 Å². The lowest BCUT2D eigenvalue weighted by molar-refractivity contribution is -0.147. The zero-order valence-corrected chi connectivity index (χ0v) is 11.9. The molecular formula is C15H26N2O2. The molecule has 1 N–H and O–H groups in total.